The Morgan fingerprint density at radius 2 is 1.72 bits per heavy atom. The van der Waals surface area contributed by atoms with Gasteiger partial charge in [-0.3, -0.25) is 14.6 Å². The van der Waals surface area contributed by atoms with Gasteiger partial charge in [0, 0.05) is 31.7 Å². The summed E-state index contributed by atoms with van der Waals surface area (Å²) in [7, 11) is 0. The highest BCUT2D eigenvalue weighted by Crippen LogP contribution is 2.16. The van der Waals surface area contributed by atoms with Crippen molar-refractivity contribution < 1.29 is 9.18 Å². The summed E-state index contributed by atoms with van der Waals surface area (Å²) in [4.78, 5) is 17.1. The Morgan fingerprint density at radius 3 is 2.47 bits per heavy atom. The molecule has 0 bridgehead atoms. The van der Waals surface area contributed by atoms with E-state index in [-0.39, 0.29) is 11.7 Å². The maximum absolute atomic E-state index is 14.0. The number of carbonyl (C=O) groups excluding carboxylic acids is 1. The molecule has 8 heteroatoms. The summed E-state index contributed by atoms with van der Waals surface area (Å²) < 4.78 is 14.0. The number of hydrogen-bond acceptors (Lipinski definition) is 6. The van der Waals surface area contributed by atoms with Crippen LogP contribution in [-0.4, -0.2) is 52.1 Å². The molecule has 2 aromatic carbocycles. The van der Waals surface area contributed by atoms with Gasteiger partial charge in [0.1, 0.15) is 10.8 Å². The lowest BCUT2D eigenvalue weighted by atomic mass is 10.1. The van der Waals surface area contributed by atoms with Crippen molar-refractivity contribution in [2.24, 2.45) is 0 Å². The van der Waals surface area contributed by atoms with Crippen LogP contribution in [0.15, 0.2) is 48.5 Å². The maximum Gasteiger partial charge on any atom is 0.282 e. The molecule has 0 spiro atoms. The van der Waals surface area contributed by atoms with Crippen molar-refractivity contribution in [1.29, 1.82) is 0 Å². The van der Waals surface area contributed by atoms with Crippen LogP contribution in [0.3, 0.4) is 0 Å². The number of nitrogens with one attached hydrogen (secondary N) is 1. The molecule has 0 unspecified atom stereocenters. The predicted octanol–water partition coefficient (Wildman–Crippen LogP) is 3.62. The quantitative estimate of drug-likeness (QED) is 0.592. The molecule has 6 nitrogen and oxygen atoms in total. The SMILES string of the molecule is Cc1ccc(CNC(=O)c2nnc(CN3CCCN(Cc4ccccc4F)CC3)s2)cc1. The first-order valence-corrected chi connectivity index (χ1v) is 11.7. The molecule has 3 aromatic rings. The highest BCUT2D eigenvalue weighted by atomic mass is 32.1. The van der Waals surface area contributed by atoms with E-state index < -0.39 is 0 Å². The van der Waals surface area contributed by atoms with Gasteiger partial charge in [-0.05, 0) is 38.1 Å². The Morgan fingerprint density at radius 1 is 1.00 bits per heavy atom. The number of aromatic nitrogens is 2. The molecule has 32 heavy (non-hydrogen) atoms. The van der Waals surface area contributed by atoms with E-state index in [1.165, 1.54) is 23.0 Å². The molecule has 2 heterocycles. The molecule has 1 amide bonds. The van der Waals surface area contributed by atoms with E-state index in [2.05, 4.69) is 25.3 Å². The monoisotopic (exact) mass is 453 g/mol. The van der Waals surface area contributed by atoms with Crippen molar-refractivity contribution in [1.82, 2.24) is 25.3 Å². The number of hydrogen-bond donors (Lipinski definition) is 1. The van der Waals surface area contributed by atoms with Gasteiger partial charge in [0.15, 0.2) is 0 Å². The van der Waals surface area contributed by atoms with E-state index >= 15 is 0 Å². The Balaban J connectivity index is 1.26. The van der Waals surface area contributed by atoms with Crippen LogP contribution in [0.1, 0.15) is 37.9 Å². The minimum absolute atomic E-state index is 0.143. The van der Waals surface area contributed by atoms with E-state index in [1.54, 1.807) is 6.07 Å². The Hall–Kier alpha value is -2.68. The predicted molar refractivity (Wildman–Crippen MR) is 124 cm³/mol. The summed E-state index contributed by atoms with van der Waals surface area (Å²) in [6, 6.07) is 15.1. The van der Waals surface area contributed by atoms with Gasteiger partial charge in [0.05, 0.1) is 6.54 Å². The Bertz CT molecular complexity index is 1040. The van der Waals surface area contributed by atoms with E-state index in [4.69, 9.17) is 0 Å². The second kappa shape index (κ2) is 10.8. The standard InChI is InChI=1S/C24H28FN5OS/c1-18-7-9-19(10-8-18)15-26-23(31)24-28-27-22(32-24)17-30-12-4-11-29(13-14-30)16-20-5-2-3-6-21(20)25/h2-3,5-10H,4,11-17H2,1H3,(H,26,31). The molecule has 1 saturated heterocycles. The zero-order valence-electron chi connectivity index (χ0n) is 18.3. The molecule has 0 radical (unpaired) electrons. The summed E-state index contributed by atoms with van der Waals surface area (Å²) in [6.45, 7) is 7.45. The Kier molecular flexibility index (Phi) is 7.57. The van der Waals surface area contributed by atoms with Crippen molar-refractivity contribution >= 4 is 17.2 Å². The van der Waals surface area contributed by atoms with Crippen molar-refractivity contribution in [3.05, 3.63) is 81.1 Å². The first-order valence-electron chi connectivity index (χ1n) is 10.9. The highest BCUT2D eigenvalue weighted by molar-refractivity contribution is 7.13. The zero-order chi connectivity index (χ0) is 22.3. The Labute approximate surface area is 192 Å². The topological polar surface area (TPSA) is 61.4 Å². The van der Waals surface area contributed by atoms with Crippen LogP contribution in [0.25, 0.3) is 0 Å². The number of halogens is 1. The normalized spacial score (nSPS) is 15.4. The molecule has 0 atom stereocenters. The molecule has 1 aromatic heterocycles. The lowest BCUT2D eigenvalue weighted by Gasteiger charge is -2.21. The van der Waals surface area contributed by atoms with E-state index in [0.29, 0.717) is 24.6 Å². The summed E-state index contributed by atoms with van der Waals surface area (Å²) >= 11 is 1.35. The van der Waals surface area contributed by atoms with Gasteiger partial charge in [-0.25, -0.2) is 4.39 Å². The summed E-state index contributed by atoms with van der Waals surface area (Å²) in [5.41, 5.74) is 2.99. The fourth-order valence-electron chi connectivity index (χ4n) is 3.77. The third-order valence-electron chi connectivity index (χ3n) is 5.63. The smallest absolute Gasteiger partial charge is 0.282 e. The highest BCUT2D eigenvalue weighted by Gasteiger charge is 2.19. The van der Waals surface area contributed by atoms with Gasteiger partial charge >= 0.3 is 0 Å². The third-order valence-corrected chi connectivity index (χ3v) is 6.53. The van der Waals surface area contributed by atoms with Gasteiger partial charge in [0.2, 0.25) is 5.01 Å². The largest absolute Gasteiger partial charge is 0.346 e. The molecule has 1 aliphatic rings. The lowest BCUT2D eigenvalue weighted by molar-refractivity contribution is 0.0950. The summed E-state index contributed by atoms with van der Waals surface area (Å²) in [6.07, 6.45) is 1.01. The van der Waals surface area contributed by atoms with Gasteiger partial charge in [-0.1, -0.05) is 59.4 Å². The van der Waals surface area contributed by atoms with Crippen LogP contribution in [0, 0.1) is 12.7 Å². The molecular weight excluding hydrogens is 425 g/mol. The van der Waals surface area contributed by atoms with E-state index in [9.17, 15) is 9.18 Å². The van der Waals surface area contributed by atoms with E-state index in [0.717, 1.165) is 48.7 Å². The molecule has 1 N–H and O–H groups in total. The number of carbonyl (C=O) groups is 1. The van der Waals surface area contributed by atoms with Crippen LogP contribution < -0.4 is 5.32 Å². The van der Waals surface area contributed by atoms with Crippen LogP contribution in [0.5, 0.6) is 0 Å². The van der Waals surface area contributed by atoms with Crippen LogP contribution >= 0.6 is 11.3 Å². The number of amides is 1. The number of aryl methyl sites for hydroxylation is 1. The van der Waals surface area contributed by atoms with Crippen molar-refractivity contribution in [2.75, 3.05) is 26.2 Å². The molecule has 168 valence electrons. The maximum atomic E-state index is 14.0. The molecule has 4 rings (SSSR count). The fraction of sp³-hybridized carbons (Fsp3) is 0.375. The van der Waals surface area contributed by atoms with Gasteiger partial charge < -0.3 is 5.32 Å². The molecule has 1 fully saturated rings. The third kappa shape index (κ3) is 6.18. The van der Waals surface area contributed by atoms with Gasteiger partial charge in [0.25, 0.3) is 5.91 Å². The second-order valence-electron chi connectivity index (χ2n) is 8.17. The number of rotatable bonds is 7. The van der Waals surface area contributed by atoms with Crippen LogP contribution in [0.2, 0.25) is 0 Å². The first kappa shape index (κ1) is 22.5. The average molecular weight is 454 g/mol. The first-order chi connectivity index (χ1) is 15.6. The van der Waals surface area contributed by atoms with Gasteiger partial charge in [-0.15, -0.1) is 10.2 Å². The number of nitrogens with zero attached hydrogens (tertiary/aromatic N) is 4. The minimum atomic E-state index is -0.193. The average Bonchev–Trinajstić information content (AvgIpc) is 3.15. The van der Waals surface area contributed by atoms with E-state index in [1.807, 2.05) is 43.3 Å². The second-order valence-corrected chi connectivity index (χ2v) is 9.23. The minimum Gasteiger partial charge on any atom is -0.346 e. The molecule has 0 aliphatic carbocycles. The van der Waals surface area contributed by atoms with Crippen LogP contribution in [0.4, 0.5) is 4.39 Å². The van der Waals surface area contributed by atoms with Crippen molar-refractivity contribution in [2.45, 2.75) is 33.0 Å². The summed E-state index contributed by atoms with van der Waals surface area (Å²) in [5, 5.41) is 12.5. The van der Waals surface area contributed by atoms with Crippen LogP contribution in [-0.2, 0) is 19.6 Å². The molecule has 0 saturated carbocycles. The zero-order valence-corrected chi connectivity index (χ0v) is 19.1. The van der Waals surface area contributed by atoms with Crippen molar-refractivity contribution in [3.8, 4) is 0 Å². The fourth-order valence-corrected chi connectivity index (χ4v) is 4.57. The summed E-state index contributed by atoms with van der Waals surface area (Å²) in [5.74, 6) is -0.336. The molecular formula is C24H28FN5OS. The van der Waals surface area contributed by atoms with Gasteiger partial charge in [-0.2, -0.15) is 0 Å². The molecule has 1 aliphatic heterocycles. The lowest BCUT2D eigenvalue weighted by Crippen LogP contribution is -2.30. The van der Waals surface area contributed by atoms with Crippen molar-refractivity contribution in [3.63, 3.8) is 0 Å². The number of benzene rings is 2.